The number of nitrogens with zero attached hydrogens (tertiary/aromatic N) is 1. The second kappa shape index (κ2) is 10.5. The van der Waals surface area contributed by atoms with Crippen molar-refractivity contribution < 1.29 is 13.2 Å². The highest BCUT2D eigenvalue weighted by atomic mass is 32.2. The molecular weight excluding hydrogens is 420 g/mol. The van der Waals surface area contributed by atoms with E-state index >= 15 is 0 Å². The van der Waals surface area contributed by atoms with E-state index in [9.17, 15) is 13.2 Å². The summed E-state index contributed by atoms with van der Waals surface area (Å²) in [7, 11) is -3.61. The Hall–Kier alpha value is -3.12. The van der Waals surface area contributed by atoms with Crippen LogP contribution in [0.1, 0.15) is 46.5 Å². The zero-order chi connectivity index (χ0) is 23.1. The van der Waals surface area contributed by atoms with Crippen LogP contribution in [-0.2, 0) is 36.0 Å². The lowest BCUT2D eigenvalue weighted by molar-refractivity contribution is 0.0951. The Kier molecular flexibility index (Phi) is 7.70. The zero-order valence-electron chi connectivity index (χ0n) is 18.8. The maximum atomic E-state index is 13.1. The summed E-state index contributed by atoms with van der Waals surface area (Å²) in [4.78, 5) is 13.1. The van der Waals surface area contributed by atoms with Crippen LogP contribution >= 0.6 is 0 Å². The number of hydrogen-bond acceptors (Lipinski definition) is 3. The molecule has 0 aliphatic heterocycles. The molecule has 0 saturated heterocycles. The first-order chi connectivity index (χ1) is 15.3. The number of hydrogen-bond donors (Lipinski definition) is 1. The number of nitrogens with one attached hydrogen (secondary N) is 1. The van der Waals surface area contributed by atoms with Crippen LogP contribution in [0.5, 0.6) is 0 Å². The lowest BCUT2D eigenvalue weighted by Gasteiger charge is -2.25. The molecule has 3 rings (SSSR count). The summed E-state index contributed by atoms with van der Waals surface area (Å²) in [6.45, 7) is 4.74. The van der Waals surface area contributed by atoms with Gasteiger partial charge >= 0.3 is 0 Å². The molecule has 0 aromatic heterocycles. The fourth-order valence-electron chi connectivity index (χ4n) is 3.69. The monoisotopic (exact) mass is 450 g/mol. The number of amides is 1. The molecule has 0 fully saturated rings. The molecule has 0 unspecified atom stereocenters. The summed E-state index contributed by atoms with van der Waals surface area (Å²) < 4.78 is 26.6. The third kappa shape index (κ3) is 5.77. The number of carbonyl (C=O) groups is 1. The Morgan fingerprint density at radius 1 is 0.844 bits per heavy atom. The summed E-state index contributed by atoms with van der Waals surface area (Å²) in [5, 5.41) is 2.99. The Bertz CT molecular complexity index is 1170. The lowest BCUT2D eigenvalue weighted by atomic mass is 10.0. The number of carbonyl (C=O) groups excluding carboxylic acids is 1. The smallest absolute Gasteiger partial charge is 0.253 e. The SMILES string of the molecule is CCc1ccc(CC)c(CNC(=O)c2ccccc2N(Cc2ccccc2)S(C)(=O)=O)c1. The highest BCUT2D eigenvalue weighted by Gasteiger charge is 2.23. The van der Waals surface area contributed by atoms with E-state index in [0.29, 0.717) is 17.8 Å². The van der Waals surface area contributed by atoms with Gasteiger partial charge in [-0.3, -0.25) is 9.10 Å². The fourth-order valence-corrected chi connectivity index (χ4v) is 4.59. The number of rotatable bonds is 9. The molecule has 1 amide bonds. The van der Waals surface area contributed by atoms with Crippen molar-refractivity contribution in [1.82, 2.24) is 5.32 Å². The van der Waals surface area contributed by atoms with Crippen LogP contribution < -0.4 is 9.62 Å². The molecule has 32 heavy (non-hydrogen) atoms. The molecule has 0 saturated carbocycles. The number of sulfonamides is 1. The first-order valence-corrected chi connectivity index (χ1v) is 12.7. The third-order valence-corrected chi connectivity index (χ3v) is 6.61. The first-order valence-electron chi connectivity index (χ1n) is 10.8. The lowest BCUT2D eigenvalue weighted by Crippen LogP contribution is -2.32. The molecule has 0 atom stereocenters. The molecule has 168 valence electrons. The van der Waals surface area contributed by atoms with E-state index in [1.807, 2.05) is 30.3 Å². The summed E-state index contributed by atoms with van der Waals surface area (Å²) in [6, 6.07) is 22.5. The Balaban J connectivity index is 1.89. The van der Waals surface area contributed by atoms with Gasteiger partial charge in [0.25, 0.3) is 5.91 Å². The van der Waals surface area contributed by atoms with Crippen LogP contribution in [0.25, 0.3) is 0 Å². The van der Waals surface area contributed by atoms with Gasteiger partial charge in [-0.15, -0.1) is 0 Å². The summed E-state index contributed by atoms with van der Waals surface area (Å²) in [5.74, 6) is -0.300. The van der Waals surface area contributed by atoms with Crippen molar-refractivity contribution in [3.8, 4) is 0 Å². The van der Waals surface area contributed by atoms with Gasteiger partial charge in [0.1, 0.15) is 0 Å². The van der Waals surface area contributed by atoms with Crippen LogP contribution in [0.3, 0.4) is 0 Å². The minimum absolute atomic E-state index is 0.155. The minimum Gasteiger partial charge on any atom is -0.348 e. The molecule has 0 aliphatic rings. The van der Waals surface area contributed by atoms with E-state index in [-0.39, 0.29) is 12.5 Å². The number of anilines is 1. The predicted octanol–water partition coefficient (Wildman–Crippen LogP) is 4.71. The van der Waals surface area contributed by atoms with Gasteiger partial charge in [0.15, 0.2) is 0 Å². The molecule has 0 radical (unpaired) electrons. The van der Waals surface area contributed by atoms with E-state index in [1.54, 1.807) is 24.3 Å². The number of aryl methyl sites for hydroxylation is 2. The third-order valence-electron chi connectivity index (χ3n) is 5.49. The van der Waals surface area contributed by atoms with Crippen LogP contribution in [0.4, 0.5) is 5.69 Å². The Labute approximate surface area is 191 Å². The van der Waals surface area contributed by atoms with Crippen molar-refractivity contribution in [3.63, 3.8) is 0 Å². The van der Waals surface area contributed by atoms with Gasteiger partial charge in [-0.2, -0.15) is 0 Å². The van der Waals surface area contributed by atoms with Gasteiger partial charge < -0.3 is 5.32 Å². The highest BCUT2D eigenvalue weighted by molar-refractivity contribution is 7.92. The number of benzene rings is 3. The van der Waals surface area contributed by atoms with Gasteiger partial charge in [0.2, 0.25) is 10.0 Å². The molecule has 5 nitrogen and oxygen atoms in total. The molecule has 1 N–H and O–H groups in total. The van der Waals surface area contributed by atoms with Gasteiger partial charge in [-0.1, -0.05) is 74.5 Å². The second-order valence-electron chi connectivity index (χ2n) is 7.77. The highest BCUT2D eigenvalue weighted by Crippen LogP contribution is 2.25. The minimum atomic E-state index is -3.61. The van der Waals surface area contributed by atoms with E-state index in [0.717, 1.165) is 30.2 Å². The summed E-state index contributed by atoms with van der Waals surface area (Å²) >= 11 is 0. The topological polar surface area (TPSA) is 66.5 Å². The quantitative estimate of drug-likeness (QED) is 0.514. The molecule has 6 heteroatoms. The van der Waals surface area contributed by atoms with Crippen LogP contribution in [0.2, 0.25) is 0 Å². The molecule has 0 heterocycles. The normalized spacial score (nSPS) is 11.2. The van der Waals surface area contributed by atoms with E-state index < -0.39 is 10.0 Å². The average Bonchev–Trinajstić information content (AvgIpc) is 2.80. The van der Waals surface area contributed by atoms with Crippen molar-refractivity contribution >= 4 is 21.6 Å². The van der Waals surface area contributed by atoms with Gasteiger partial charge in [-0.25, -0.2) is 8.42 Å². The van der Waals surface area contributed by atoms with Gasteiger partial charge in [-0.05, 0) is 47.2 Å². The summed E-state index contributed by atoms with van der Waals surface area (Å²) in [5.41, 5.74) is 5.04. The average molecular weight is 451 g/mol. The van der Waals surface area contributed by atoms with Crippen LogP contribution in [-0.4, -0.2) is 20.6 Å². The second-order valence-corrected chi connectivity index (χ2v) is 9.67. The van der Waals surface area contributed by atoms with Crippen molar-refractivity contribution in [3.05, 3.63) is 101 Å². The maximum absolute atomic E-state index is 13.1. The largest absolute Gasteiger partial charge is 0.348 e. The van der Waals surface area contributed by atoms with Gasteiger partial charge in [0.05, 0.1) is 24.1 Å². The fraction of sp³-hybridized carbons (Fsp3) is 0.269. The van der Waals surface area contributed by atoms with Crippen molar-refractivity contribution in [2.75, 3.05) is 10.6 Å². The van der Waals surface area contributed by atoms with Crippen molar-refractivity contribution in [1.29, 1.82) is 0 Å². The zero-order valence-corrected chi connectivity index (χ0v) is 19.7. The van der Waals surface area contributed by atoms with Crippen molar-refractivity contribution in [2.24, 2.45) is 0 Å². The number of para-hydroxylation sites is 1. The van der Waals surface area contributed by atoms with Gasteiger partial charge in [0, 0.05) is 6.54 Å². The standard InChI is InChI=1S/C26H30N2O3S/c1-4-20-15-16-22(5-2)23(17-20)18-27-26(29)24-13-9-10-14-25(24)28(32(3,30)31)19-21-11-7-6-8-12-21/h6-17H,4-5,18-19H2,1-3H3,(H,27,29). The predicted molar refractivity (Wildman–Crippen MR) is 130 cm³/mol. The molecular formula is C26H30N2O3S. The molecule has 0 aliphatic carbocycles. The molecule has 0 spiro atoms. The molecule has 3 aromatic rings. The van der Waals surface area contributed by atoms with Crippen LogP contribution in [0, 0.1) is 0 Å². The maximum Gasteiger partial charge on any atom is 0.253 e. The summed E-state index contributed by atoms with van der Waals surface area (Å²) in [6.07, 6.45) is 2.97. The van der Waals surface area contributed by atoms with E-state index in [1.165, 1.54) is 15.4 Å². The van der Waals surface area contributed by atoms with E-state index in [4.69, 9.17) is 0 Å². The molecule has 3 aromatic carbocycles. The Morgan fingerprint density at radius 3 is 2.19 bits per heavy atom. The van der Waals surface area contributed by atoms with Crippen molar-refractivity contribution in [2.45, 2.75) is 39.8 Å². The Morgan fingerprint density at radius 2 is 1.53 bits per heavy atom. The van der Waals surface area contributed by atoms with Crippen LogP contribution in [0.15, 0.2) is 72.8 Å². The first kappa shape index (κ1) is 23.5. The van der Waals surface area contributed by atoms with E-state index in [2.05, 4.69) is 37.4 Å². The molecule has 0 bridgehead atoms.